The van der Waals surface area contributed by atoms with Crippen LogP contribution >= 0.6 is 0 Å². The molecular weight excluding hydrogens is 422 g/mol. The van der Waals surface area contributed by atoms with Gasteiger partial charge in [0.15, 0.2) is 0 Å². The Balaban J connectivity index is 1.55. The number of sulfonamides is 1. The second-order valence-corrected chi connectivity index (χ2v) is 10.5. The monoisotopic (exact) mass is 449 g/mol. The minimum absolute atomic E-state index is 0.0409. The topological polar surface area (TPSA) is 83.7 Å². The van der Waals surface area contributed by atoms with E-state index in [9.17, 15) is 13.2 Å². The number of primary sulfonamides is 1. The molecule has 1 amide bonds. The molecule has 0 saturated carbocycles. The smallest absolute Gasteiger partial charge is 0.238 e. The summed E-state index contributed by atoms with van der Waals surface area (Å²) in [5.74, 6) is -0.620. The molecule has 166 valence electrons. The summed E-state index contributed by atoms with van der Waals surface area (Å²) in [6.45, 7) is 0.548. The number of carbonyl (C=O) groups is 1. The lowest BCUT2D eigenvalue weighted by Crippen LogP contribution is -2.27. The summed E-state index contributed by atoms with van der Waals surface area (Å²) in [4.78, 5) is 17.7. The van der Waals surface area contributed by atoms with Crippen molar-refractivity contribution in [3.8, 4) is 0 Å². The van der Waals surface area contributed by atoms with Crippen LogP contribution < -0.4 is 10.0 Å². The summed E-state index contributed by atoms with van der Waals surface area (Å²) in [7, 11) is 0.220. The van der Waals surface area contributed by atoms with E-state index in [1.165, 1.54) is 17.2 Å². The molecule has 0 spiro atoms. The largest absolute Gasteiger partial charge is 0.312 e. The van der Waals surface area contributed by atoms with E-state index < -0.39 is 15.9 Å². The second-order valence-electron chi connectivity index (χ2n) is 8.98. The number of hydrogen-bond donors (Lipinski definition) is 1. The van der Waals surface area contributed by atoms with E-state index in [-0.39, 0.29) is 10.8 Å². The maximum absolute atomic E-state index is 13.6. The summed E-state index contributed by atoms with van der Waals surface area (Å²) in [6, 6.07) is 17.5. The SMILES string of the molecule is CN(C)[C@H]1CCc2cc(N3CC[C@@H](c4c(S(N)(=O)=O)ccc5ccccc45)C3=O)ccc21. The molecule has 1 saturated heterocycles. The summed E-state index contributed by atoms with van der Waals surface area (Å²) in [5.41, 5.74) is 4.01. The van der Waals surface area contributed by atoms with Gasteiger partial charge in [0.1, 0.15) is 0 Å². The predicted molar refractivity (Wildman–Crippen MR) is 126 cm³/mol. The number of benzene rings is 3. The quantitative estimate of drug-likeness (QED) is 0.660. The fourth-order valence-electron chi connectivity index (χ4n) is 5.37. The molecule has 1 aliphatic carbocycles. The Morgan fingerprint density at radius 3 is 2.56 bits per heavy atom. The Morgan fingerprint density at radius 2 is 1.81 bits per heavy atom. The first kappa shape index (κ1) is 21.1. The van der Waals surface area contributed by atoms with Gasteiger partial charge in [0, 0.05) is 18.3 Å². The third kappa shape index (κ3) is 3.41. The summed E-state index contributed by atoms with van der Waals surface area (Å²) >= 11 is 0. The van der Waals surface area contributed by atoms with E-state index in [0.717, 1.165) is 29.3 Å². The minimum atomic E-state index is -3.97. The first-order valence-corrected chi connectivity index (χ1v) is 12.5. The molecule has 32 heavy (non-hydrogen) atoms. The lowest BCUT2D eigenvalue weighted by atomic mass is 9.92. The van der Waals surface area contributed by atoms with Gasteiger partial charge in [0.2, 0.25) is 15.9 Å². The Bertz CT molecular complexity index is 1330. The van der Waals surface area contributed by atoms with Crippen LogP contribution in [0.3, 0.4) is 0 Å². The van der Waals surface area contributed by atoms with Gasteiger partial charge >= 0.3 is 0 Å². The van der Waals surface area contributed by atoms with Crippen LogP contribution in [0.1, 0.15) is 41.5 Å². The molecule has 6 nitrogen and oxygen atoms in total. The number of aryl methyl sites for hydroxylation is 1. The lowest BCUT2D eigenvalue weighted by Gasteiger charge is -2.22. The number of anilines is 1. The molecule has 1 fully saturated rings. The number of carbonyl (C=O) groups excluding carboxylic acids is 1. The van der Waals surface area contributed by atoms with Crippen molar-refractivity contribution < 1.29 is 13.2 Å². The van der Waals surface area contributed by atoms with Crippen molar-refractivity contribution in [3.63, 3.8) is 0 Å². The zero-order valence-corrected chi connectivity index (χ0v) is 19.1. The van der Waals surface area contributed by atoms with Gasteiger partial charge < -0.3 is 9.80 Å². The van der Waals surface area contributed by atoms with E-state index in [1.54, 1.807) is 11.0 Å². The number of nitrogens with two attached hydrogens (primary N) is 1. The molecule has 0 aromatic heterocycles. The van der Waals surface area contributed by atoms with Gasteiger partial charge in [-0.1, -0.05) is 36.4 Å². The third-order valence-electron chi connectivity index (χ3n) is 6.90. The molecule has 3 aromatic carbocycles. The van der Waals surface area contributed by atoms with Gasteiger partial charge in [-0.05, 0) is 79.0 Å². The average Bonchev–Trinajstić information content (AvgIpc) is 3.35. The summed E-state index contributed by atoms with van der Waals surface area (Å²) < 4.78 is 24.7. The number of rotatable bonds is 4. The fraction of sp³-hybridized carbons (Fsp3) is 0.320. The molecule has 1 aliphatic heterocycles. The first-order chi connectivity index (χ1) is 15.3. The highest BCUT2D eigenvalue weighted by atomic mass is 32.2. The van der Waals surface area contributed by atoms with Crippen molar-refractivity contribution in [2.45, 2.75) is 36.1 Å². The van der Waals surface area contributed by atoms with E-state index in [0.29, 0.717) is 24.6 Å². The number of hydrogen-bond acceptors (Lipinski definition) is 4. The summed E-state index contributed by atoms with van der Waals surface area (Å²) in [5, 5.41) is 7.21. The van der Waals surface area contributed by atoms with Gasteiger partial charge in [-0.25, -0.2) is 13.6 Å². The normalized spacial score (nSPS) is 21.0. The van der Waals surface area contributed by atoms with Gasteiger partial charge in [0.25, 0.3) is 0 Å². The Labute approximate surface area is 188 Å². The fourth-order valence-corrected chi connectivity index (χ4v) is 6.19. The molecule has 1 heterocycles. The number of amides is 1. The third-order valence-corrected chi connectivity index (χ3v) is 7.87. The van der Waals surface area contributed by atoms with Gasteiger partial charge in [-0.15, -0.1) is 0 Å². The minimum Gasteiger partial charge on any atom is -0.312 e. The van der Waals surface area contributed by atoms with Crippen LogP contribution in [0.2, 0.25) is 0 Å². The van der Waals surface area contributed by atoms with Gasteiger partial charge in [-0.3, -0.25) is 4.79 Å². The second kappa shape index (κ2) is 7.69. The van der Waals surface area contributed by atoms with Crippen LogP contribution in [0.15, 0.2) is 59.5 Å². The van der Waals surface area contributed by atoms with Crippen molar-refractivity contribution in [1.82, 2.24) is 4.90 Å². The molecule has 3 aromatic rings. The van der Waals surface area contributed by atoms with Crippen molar-refractivity contribution in [2.75, 3.05) is 25.5 Å². The molecule has 0 bridgehead atoms. The zero-order chi connectivity index (χ0) is 22.6. The van der Waals surface area contributed by atoms with Gasteiger partial charge in [-0.2, -0.15) is 0 Å². The van der Waals surface area contributed by atoms with Crippen LogP contribution in [0.5, 0.6) is 0 Å². The highest BCUT2D eigenvalue weighted by molar-refractivity contribution is 7.89. The molecule has 7 heteroatoms. The lowest BCUT2D eigenvalue weighted by molar-refractivity contribution is -0.118. The van der Waals surface area contributed by atoms with Crippen LogP contribution in [0.4, 0.5) is 5.69 Å². The van der Waals surface area contributed by atoms with Crippen LogP contribution in [0.25, 0.3) is 10.8 Å². The first-order valence-electron chi connectivity index (χ1n) is 10.9. The van der Waals surface area contributed by atoms with Crippen molar-refractivity contribution in [2.24, 2.45) is 5.14 Å². The maximum atomic E-state index is 13.6. The van der Waals surface area contributed by atoms with Gasteiger partial charge in [0.05, 0.1) is 10.8 Å². The molecule has 2 atom stereocenters. The zero-order valence-electron chi connectivity index (χ0n) is 18.3. The summed E-state index contributed by atoms with van der Waals surface area (Å²) in [6.07, 6.45) is 2.62. The van der Waals surface area contributed by atoms with E-state index in [4.69, 9.17) is 5.14 Å². The van der Waals surface area contributed by atoms with E-state index in [2.05, 4.69) is 31.1 Å². The van der Waals surface area contributed by atoms with Crippen molar-refractivity contribution >= 4 is 32.4 Å². The van der Waals surface area contributed by atoms with Crippen LogP contribution in [0, 0.1) is 0 Å². The van der Waals surface area contributed by atoms with Crippen LogP contribution in [-0.2, 0) is 21.2 Å². The standard InChI is InChI=1S/C25H27N3O3S/c1-27(2)22-11-7-17-15-18(9-10-19(17)22)28-14-13-21(25(28)29)24-20-6-4-3-5-16(20)8-12-23(24)32(26,30)31/h3-6,8-10,12,15,21-22H,7,11,13-14H2,1-2H3,(H2,26,30,31)/t21-,22-/m0/s1. The Kier molecular flexibility index (Phi) is 5.08. The Hall–Kier alpha value is -2.74. The molecule has 2 aliphatic rings. The molecular formula is C25H27N3O3S. The highest BCUT2D eigenvalue weighted by Crippen LogP contribution is 2.41. The molecule has 2 N–H and O–H groups in total. The molecule has 5 rings (SSSR count). The van der Waals surface area contributed by atoms with Crippen molar-refractivity contribution in [1.29, 1.82) is 0 Å². The Morgan fingerprint density at radius 1 is 1.03 bits per heavy atom. The molecule has 0 radical (unpaired) electrons. The van der Waals surface area contributed by atoms with Crippen LogP contribution in [-0.4, -0.2) is 39.9 Å². The van der Waals surface area contributed by atoms with E-state index >= 15 is 0 Å². The van der Waals surface area contributed by atoms with E-state index in [1.807, 2.05) is 30.3 Å². The highest BCUT2D eigenvalue weighted by Gasteiger charge is 2.38. The molecule has 0 unspecified atom stereocenters. The van der Waals surface area contributed by atoms with Crippen molar-refractivity contribution in [3.05, 3.63) is 71.3 Å². The average molecular weight is 450 g/mol. The maximum Gasteiger partial charge on any atom is 0.238 e. The number of nitrogens with zero attached hydrogens (tertiary/aromatic N) is 2. The predicted octanol–water partition coefficient (Wildman–Crippen LogP) is 3.56. The number of fused-ring (bicyclic) bond motifs is 2.